The van der Waals surface area contributed by atoms with Gasteiger partial charge in [-0.05, 0) is 38.2 Å². The third-order valence-electron chi connectivity index (χ3n) is 6.35. The lowest BCUT2D eigenvalue weighted by molar-refractivity contribution is 0.0398. The highest BCUT2D eigenvalue weighted by Gasteiger charge is 2.16. The number of hydrogen-bond acceptors (Lipinski definition) is 9. The molecule has 0 bridgehead atoms. The zero-order valence-electron chi connectivity index (χ0n) is 19.5. The fraction of sp³-hybridized carbons (Fsp3) is 0.500. The van der Waals surface area contributed by atoms with Crippen LogP contribution in [0, 0.1) is 6.92 Å². The molecule has 0 spiro atoms. The minimum absolute atomic E-state index is 0.614. The Bertz CT molecular complexity index is 1080. The molecule has 9 nitrogen and oxygen atoms in total. The Morgan fingerprint density at radius 1 is 0.939 bits per heavy atom. The summed E-state index contributed by atoms with van der Waals surface area (Å²) >= 11 is 0. The molecule has 0 atom stereocenters. The quantitative estimate of drug-likeness (QED) is 0.608. The molecule has 1 N–H and O–H groups in total. The maximum atomic E-state index is 5.45. The number of hydrogen-bond donors (Lipinski definition) is 1. The maximum Gasteiger partial charge on any atom is 0.184 e. The van der Waals surface area contributed by atoms with Gasteiger partial charge in [0.15, 0.2) is 22.8 Å². The van der Waals surface area contributed by atoms with Crippen molar-refractivity contribution >= 4 is 22.7 Å². The molecule has 9 heteroatoms. The van der Waals surface area contributed by atoms with Gasteiger partial charge in [0.25, 0.3) is 0 Å². The summed E-state index contributed by atoms with van der Waals surface area (Å²) in [5.41, 5.74) is 4.41. The second-order valence-electron chi connectivity index (χ2n) is 8.80. The van der Waals surface area contributed by atoms with E-state index in [1.807, 2.05) is 6.92 Å². The van der Waals surface area contributed by atoms with Crippen LogP contribution in [-0.2, 0) is 4.74 Å². The van der Waals surface area contributed by atoms with Gasteiger partial charge in [-0.15, -0.1) is 0 Å². The molecule has 2 saturated heterocycles. The number of ether oxygens (including phenoxy) is 1. The van der Waals surface area contributed by atoms with Gasteiger partial charge in [-0.25, -0.2) is 19.9 Å². The van der Waals surface area contributed by atoms with E-state index < -0.39 is 0 Å². The summed E-state index contributed by atoms with van der Waals surface area (Å²) in [6, 6.07) is 8.54. The SMILES string of the molecule is Cc1cnc2nc(-c3ccc(N4CCN(C)CC4)cc3)nc(NCCN3CCOCC3)c2n1. The number of aryl methyl sites for hydroxylation is 1. The van der Waals surface area contributed by atoms with Gasteiger partial charge in [0, 0.05) is 63.6 Å². The topological polar surface area (TPSA) is 82.5 Å². The van der Waals surface area contributed by atoms with E-state index in [1.165, 1.54) is 5.69 Å². The lowest BCUT2D eigenvalue weighted by atomic mass is 10.1. The van der Waals surface area contributed by atoms with Crippen LogP contribution >= 0.6 is 0 Å². The summed E-state index contributed by atoms with van der Waals surface area (Å²) in [7, 11) is 2.18. The molecule has 0 unspecified atom stereocenters. The molecule has 0 aliphatic carbocycles. The third kappa shape index (κ3) is 5.21. The molecular formula is C24H32N8O. The molecule has 2 aliphatic heterocycles. The van der Waals surface area contributed by atoms with Crippen LogP contribution in [0.15, 0.2) is 30.5 Å². The van der Waals surface area contributed by atoms with Crippen LogP contribution in [0.25, 0.3) is 22.6 Å². The van der Waals surface area contributed by atoms with Crippen molar-refractivity contribution in [1.29, 1.82) is 0 Å². The number of morpholine rings is 1. The Balaban J connectivity index is 1.36. The van der Waals surface area contributed by atoms with Crippen LogP contribution in [0.1, 0.15) is 5.69 Å². The Kier molecular flexibility index (Phi) is 6.61. The van der Waals surface area contributed by atoms with Crippen LogP contribution in [0.4, 0.5) is 11.5 Å². The van der Waals surface area contributed by atoms with Crippen molar-refractivity contribution in [2.24, 2.45) is 0 Å². The van der Waals surface area contributed by atoms with Crippen molar-refractivity contribution in [2.75, 3.05) is 82.8 Å². The number of rotatable bonds is 6. The van der Waals surface area contributed by atoms with Gasteiger partial charge in [0.05, 0.1) is 25.1 Å². The monoisotopic (exact) mass is 448 g/mol. The maximum absolute atomic E-state index is 5.45. The number of fused-ring (bicyclic) bond motifs is 1. The van der Waals surface area contributed by atoms with Crippen LogP contribution < -0.4 is 10.2 Å². The lowest BCUT2D eigenvalue weighted by Gasteiger charge is -2.34. The Morgan fingerprint density at radius 3 is 2.45 bits per heavy atom. The highest BCUT2D eigenvalue weighted by Crippen LogP contribution is 2.25. The molecule has 0 saturated carbocycles. The summed E-state index contributed by atoms with van der Waals surface area (Å²) in [6.45, 7) is 11.5. The van der Waals surface area contributed by atoms with Gasteiger partial charge in [-0.1, -0.05) is 0 Å². The number of anilines is 2. The largest absolute Gasteiger partial charge is 0.379 e. The van der Waals surface area contributed by atoms with Crippen LogP contribution in [0.2, 0.25) is 0 Å². The first-order valence-corrected chi connectivity index (χ1v) is 11.7. The fourth-order valence-corrected chi connectivity index (χ4v) is 4.29. The van der Waals surface area contributed by atoms with Crippen molar-refractivity contribution in [3.8, 4) is 11.4 Å². The summed E-state index contributed by atoms with van der Waals surface area (Å²) in [4.78, 5) is 26.0. The minimum Gasteiger partial charge on any atom is -0.379 e. The highest BCUT2D eigenvalue weighted by atomic mass is 16.5. The molecule has 1 aromatic carbocycles. The minimum atomic E-state index is 0.614. The van der Waals surface area contributed by atoms with Gasteiger partial charge in [0.2, 0.25) is 0 Å². The first kappa shape index (κ1) is 21.9. The van der Waals surface area contributed by atoms with Gasteiger partial charge >= 0.3 is 0 Å². The molecule has 174 valence electrons. The van der Waals surface area contributed by atoms with Gasteiger partial charge in [-0.3, -0.25) is 4.90 Å². The first-order chi connectivity index (χ1) is 16.2. The summed E-state index contributed by atoms with van der Waals surface area (Å²) < 4.78 is 5.45. The molecule has 5 rings (SSSR count). The normalized spacial score (nSPS) is 18.1. The molecule has 3 aromatic rings. The van der Waals surface area contributed by atoms with Gasteiger partial charge < -0.3 is 19.9 Å². The average molecular weight is 449 g/mol. The average Bonchev–Trinajstić information content (AvgIpc) is 2.85. The Hall–Kier alpha value is -2.88. The lowest BCUT2D eigenvalue weighted by Crippen LogP contribution is -2.44. The second kappa shape index (κ2) is 9.94. The van der Waals surface area contributed by atoms with Crippen molar-refractivity contribution < 1.29 is 4.74 Å². The molecule has 4 heterocycles. The molecule has 2 fully saturated rings. The number of nitrogens with one attached hydrogen (secondary N) is 1. The summed E-state index contributed by atoms with van der Waals surface area (Å²) in [5, 5.41) is 3.49. The molecule has 33 heavy (non-hydrogen) atoms. The van der Waals surface area contributed by atoms with E-state index in [4.69, 9.17) is 14.7 Å². The number of piperazine rings is 1. The molecule has 0 amide bonds. The van der Waals surface area contributed by atoms with Crippen LogP contribution in [-0.4, -0.2) is 102 Å². The van der Waals surface area contributed by atoms with Crippen molar-refractivity contribution in [3.05, 3.63) is 36.2 Å². The standard InChI is InChI=1S/C24H32N8O/c1-18-17-26-24-21(27-18)23(25-7-8-31-13-15-33-16-14-31)28-22(29-24)19-3-5-20(6-4-19)32-11-9-30(2)10-12-32/h3-6,17H,7-16H2,1-2H3,(H,25,26,28,29). The second-order valence-corrected chi connectivity index (χ2v) is 8.80. The number of likely N-dealkylation sites (N-methyl/N-ethyl adjacent to an activating group) is 1. The van der Waals surface area contributed by atoms with E-state index in [0.29, 0.717) is 11.5 Å². The fourth-order valence-electron chi connectivity index (χ4n) is 4.29. The number of nitrogens with zero attached hydrogens (tertiary/aromatic N) is 7. The van der Waals surface area contributed by atoms with E-state index in [0.717, 1.165) is 88.2 Å². The predicted octanol–water partition coefficient (Wildman–Crippen LogP) is 1.89. The van der Waals surface area contributed by atoms with Gasteiger partial charge in [0.1, 0.15) is 0 Å². The van der Waals surface area contributed by atoms with Gasteiger partial charge in [-0.2, -0.15) is 0 Å². The third-order valence-corrected chi connectivity index (χ3v) is 6.35. The van der Waals surface area contributed by atoms with Crippen LogP contribution in [0.3, 0.4) is 0 Å². The summed E-state index contributed by atoms with van der Waals surface area (Å²) in [5.74, 6) is 1.40. The number of benzene rings is 1. The van der Waals surface area contributed by atoms with Crippen molar-refractivity contribution in [1.82, 2.24) is 29.7 Å². The zero-order chi connectivity index (χ0) is 22.6. The molecule has 2 aromatic heterocycles. The highest BCUT2D eigenvalue weighted by molar-refractivity contribution is 5.84. The zero-order valence-corrected chi connectivity index (χ0v) is 19.5. The molecular weight excluding hydrogens is 416 g/mol. The predicted molar refractivity (Wildman–Crippen MR) is 131 cm³/mol. The molecule has 2 aliphatic rings. The molecule has 0 radical (unpaired) electrons. The number of aromatic nitrogens is 4. The Labute approximate surface area is 194 Å². The Morgan fingerprint density at radius 2 is 1.70 bits per heavy atom. The van der Waals surface area contributed by atoms with Crippen LogP contribution in [0.5, 0.6) is 0 Å². The smallest absolute Gasteiger partial charge is 0.184 e. The van der Waals surface area contributed by atoms with E-state index in [-0.39, 0.29) is 0 Å². The van der Waals surface area contributed by atoms with E-state index >= 15 is 0 Å². The van der Waals surface area contributed by atoms with E-state index in [1.54, 1.807) is 6.20 Å². The summed E-state index contributed by atoms with van der Waals surface area (Å²) in [6.07, 6.45) is 1.76. The van der Waals surface area contributed by atoms with Crippen molar-refractivity contribution in [3.63, 3.8) is 0 Å². The first-order valence-electron chi connectivity index (χ1n) is 11.7. The van der Waals surface area contributed by atoms with E-state index in [9.17, 15) is 0 Å². The van der Waals surface area contributed by atoms with Crippen molar-refractivity contribution in [2.45, 2.75) is 6.92 Å². The van der Waals surface area contributed by atoms with E-state index in [2.05, 4.69) is 61.3 Å².